The van der Waals surface area contributed by atoms with Gasteiger partial charge < -0.3 is 9.64 Å². The molecule has 1 fully saturated rings. The summed E-state index contributed by atoms with van der Waals surface area (Å²) in [6.07, 6.45) is 5.68. The normalized spacial score (nSPS) is 18.8. The molecule has 21 heavy (non-hydrogen) atoms. The van der Waals surface area contributed by atoms with Crippen LogP contribution in [0, 0.1) is 0 Å². The third-order valence-corrected chi connectivity index (χ3v) is 3.76. The lowest BCUT2D eigenvalue weighted by atomic mass is 10.0. The summed E-state index contributed by atoms with van der Waals surface area (Å²) in [4.78, 5) is 25.6. The molecule has 2 rings (SSSR count). The fraction of sp³-hybridized carbons (Fsp3) is 0.375. The molecule has 0 aliphatic carbocycles. The molecule has 1 aliphatic heterocycles. The zero-order valence-corrected chi connectivity index (χ0v) is 12.7. The number of methoxy groups -OCH3 is 1. The SMILES string of the molecule is COC(=O)[C@H]1CCCCN1C(=O)/C=C/c1cccc(Cl)c1. The van der Waals surface area contributed by atoms with E-state index in [1.807, 2.05) is 12.1 Å². The molecule has 0 radical (unpaired) electrons. The molecule has 0 unspecified atom stereocenters. The Labute approximate surface area is 129 Å². The molecule has 5 heteroatoms. The van der Waals surface area contributed by atoms with Gasteiger partial charge in [0.2, 0.25) is 5.91 Å². The predicted octanol–water partition coefficient (Wildman–Crippen LogP) is 2.91. The summed E-state index contributed by atoms with van der Waals surface area (Å²) >= 11 is 5.90. The van der Waals surface area contributed by atoms with Crippen molar-refractivity contribution in [3.63, 3.8) is 0 Å². The van der Waals surface area contributed by atoms with E-state index >= 15 is 0 Å². The maximum absolute atomic E-state index is 12.3. The Morgan fingerprint density at radius 1 is 1.38 bits per heavy atom. The summed E-state index contributed by atoms with van der Waals surface area (Å²) in [6.45, 7) is 0.582. The lowest BCUT2D eigenvalue weighted by Gasteiger charge is -2.32. The lowest BCUT2D eigenvalue weighted by Crippen LogP contribution is -2.47. The van der Waals surface area contributed by atoms with E-state index in [2.05, 4.69) is 0 Å². The maximum Gasteiger partial charge on any atom is 0.328 e. The van der Waals surface area contributed by atoms with Gasteiger partial charge in [-0.2, -0.15) is 0 Å². The van der Waals surface area contributed by atoms with Crippen molar-refractivity contribution in [3.8, 4) is 0 Å². The molecule has 1 heterocycles. The number of halogens is 1. The zero-order valence-electron chi connectivity index (χ0n) is 11.9. The maximum atomic E-state index is 12.3. The number of carbonyl (C=O) groups excluding carboxylic acids is 2. The summed E-state index contributed by atoms with van der Waals surface area (Å²) in [5, 5.41) is 0.620. The number of carbonyl (C=O) groups is 2. The molecular formula is C16H18ClNO3. The first-order valence-electron chi connectivity index (χ1n) is 6.94. The van der Waals surface area contributed by atoms with E-state index in [0.29, 0.717) is 18.0 Å². The zero-order chi connectivity index (χ0) is 15.2. The first-order chi connectivity index (χ1) is 10.1. The molecule has 112 valence electrons. The lowest BCUT2D eigenvalue weighted by molar-refractivity contribution is -0.153. The molecule has 1 saturated heterocycles. The van der Waals surface area contributed by atoms with Gasteiger partial charge in [-0.25, -0.2) is 4.79 Å². The van der Waals surface area contributed by atoms with Crippen LogP contribution in [-0.4, -0.2) is 36.5 Å². The number of nitrogens with zero attached hydrogens (tertiary/aromatic N) is 1. The van der Waals surface area contributed by atoms with Crippen LogP contribution in [0.15, 0.2) is 30.3 Å². The second-order valence-corrected chi connectivity index (χ2v) is 5.39. The first kappa shape index (κ1) is 15.6. The highest BCUT2D eigenvalue weighted by Gasteiger charge is 2.31. The molecular weight excluding hydrogens is 290 g/mol. The standard InChI is InChI=1S/C16H18ClNO3/c1-21-16(20)14-7-2-3-10-18(14)15(19)9-8-12-5-4-6-13(17)11-12/h4-6,8-9,11,14H,2-3,7,10H2,1H3/b9-8+/t14-/m1/s1. The molecule has 1 atom stereocenters. The van der Waals surface area contributed by atoms with Crippen LogP contribution in [0.1, 0.15) is 24.8 Å². The van der Waals surface area contributed by atoms with Gasteiger partial charge >= 0.3 is 5.97 Å². The van der Waals surface area contributed by atoms with Gasteiger partial charge in [-0.15, -0.1) is 0 Å². The average Bonchev–Trinajstić information content (AvgIpc) is 2.52. The van der Waals surface area contributed by atoms with Gasteiger partial charge in [-0.05, 0) is 43.0 Å². The quantitative estimate of drug-likeness (QED) is 0.637. The highest BCUT2D eigenvalue weighted by molar-refractivity contribution is 6.30. The number of piperidine rings is 1. The van der Waals surface area contributed by atoms with E-state index in [1.54, 1.807) is 23.1 Å². The van der Waals surface area contributed by atoms with E-state index in [1.165, 1.54) is 13.2 Å². The summed E-state index contributed by atoms with van der Waals surface area (Å²) in [7, 11) is 1.35. The van der Waals surface area contributed by atoms with Crippen LogP contribution in [0.3, 0.4) is 0 Å². The van der Waals surface area contributed by atoms with Crippen LogP contribution in [-0.2, 0) is 14.3 Å². The molecule has 1 aromatic carbocycles. The number of likely N-dealkylation sites (tertiary alicyclic amines) is 1. The number of ether oxygens (including phenoxy) is 1. The molecule has 0 spiro atoms. The highest BCUT2D eigenvalue weighted by atomic mass is 35.5. The van der Waals surface area contributed by atoms with Crippen LogP contribution in [0.2, 0.25) is 5.02 Å². The molecule has 4 nitrogen and oxygen atoms in total. The van der Waals surface area contributed by atoms with Crippen LogP contribution in [0.5, 0.6) is 0 Å². The van der Waals surface area contributed by atoms with E-state index in [-0.39, 0.29) is 11.9 Å². The smallest absolute Gasteiger partial charge is 0.328 e. The van der Waals surface area contributed by atoms with E-state index in [0.717, 1.165) is 18.4 Å². The van der Waals surface area contributed by atoms with Crippen LogP contribution < -0.4 is 0 Å². The molecule has 1 aliphatic rings. The van der Waals surface area contributed by atoms with E-state index < -0.39 is 6.04 Å². The Hall–Kier alpha value is -1.81. The first-order valence-corrected chi connectivity index (χ1v) is 7.31. The van der Waals surface area contributed by atoms with Gasteiger partial charge in [0, 0.05) is 17.6 Å². The molecule has 0 N–H and O–H groups in total. The number of esters is 1. The Morgan fingerprint density at radius 2 is 2.19 bits per heavy atom. The number of rotatable bonds is 3. The van der Waals surface area contributed by atoms with Gasteiger partial charge in [0.05, 0.1) is 7.11 Å². The molecule has 0 bridgehead atoms. The largest absolute Gasteiger partial charge is 0.467 e. The topological polar surface area (TPSA) is 46.6 Å². The Balaban J connectivity index is 2.08. The summed E-state index contributed by atoms with van der Waals surface area (Å²) in [6, 6.07) is 6.77. The fourth-order valence-corrected chi connectivity index (χ4v) is 2.65. The van der Waals surface area contributed by atoms with Crippen LogP contribution in [0.4, 0.5) is 0 Å². The molecule has 1 amide bonds. The third kappa shape index (κ3) is 4.08. The number of hydrogen-bond donors (Lipinski definition) is 0. The Bertz CT molecular complexity index is 556. The summed E-state index contributed by atoms with van der Waals surface area (Å²) in [5.41, 5.74) is 0.850. The van der Waals surface area contributed by atoms with Crippen molar-refractivity contribution in [3.05, 3.63) is 40.9 Å². The van der Waals surface area contributed by atoms with Crippen molar-refractivity contribution >= 4 is 29.6 Å². The van der Waals surface area contributed by atoms with Crippen molar-refractivity contribution in [2.75, 3.05) is 13.7 Å². The average molecular weight is 308 g/mol. The fourth-order valence-electron chi connectivity index (χ4n) is 2.45. The Kier molecular flexibility index (Phi) is 5.39. The van der Waals surface area contributed by atoms with Gasteiger partial charge in [0.25, 0.3) is 0 Å². The van der Waals surface area contributed by atoms with Crippen molar-refractivity contribution < 1.29 is 14.3 Å². The van der Waals surface area contributed by atoms with Crippen molar-refractivity contribution in [1.82, 2.24) is 4.90 Å². The minimum atomic E-state index is -0.472. The predicted molar refractivity (Wildman–Crippen MR) is 81.9 cm³/mol. The molecule has 0 saturated carbocycles. The van der Waals surface area contributed by atoms with Gasteiger partial charge in [-0.1, -0.05) is 23.7 Å². The molecule has 1 aromatic rings. The molecule has 0 aromatic heterocycles. The minimum absolute atomic E-state index is 0.176. The van der Waals surface area contributed by atoms with Crippen molar-refractivity contribution in [2.24, 2.45) is 0 Å². The number of benzene rings is 1. The second-order valence-electron chi connectivity index (χ2n) is 4.95. The third-order valence-electron chi connectivity index (χ3n) is 3.53. The van der Waals surface area contributed by atoms with E-state index in [4.69, 9.17) is 16.3 Å². The highest BCUT2D eigenvalue weighted by Crippen LogP contribution is 2.19. The van der Waals surface area contributed by atoms with Crippen LogP contribution in [0.25, 0.3) is 6.08 Å². The number of amides is 1. The summed E-state index contributed by atoms with van der Waals surface area (Å²) in [5.74, 6) is -0.524. The minimum Gasteiger partial charge on any atom is -0.467 e. The van der Waals surface area contributed by atoms with E-state index in [9.17, 15) is 9.59 Å². The summed E-state index contributed by atoms with van der Waals surface area (Å²) < 4.78 is 4.77. The van der Waals surface area contributed by atoms with Crippen molar-refractivity contribution in [1.29, 1.82) is 0 Å². The van der Waals surface area contributed by atoms with Gasteiger partial charge in [0.1, 0.15) is 6.04 Å². The second kappa shape index (κ2) is 7.27. The van der Waals surface area contributed by atoms with Gasteiger partial charge in [0.15, 0.2) is 0 Å². The van der Waals surface area contributed by atoms with Gasteiger partial charge in [-0.3, -0.25) is 4.79 Å². The van der Waals surface area contributed by atoms with Crippen molar-refractivity contribution in [2.45, 2.75) is 25.3 Å². The monoisotopic (exact) mass is 307 g/mol. The number of hydrogen-bond acceptors (Lipinski definition) is 3. The van der Waals surface area contributed by atoms with Crippen LogP contribution >= 0.6 is 11.6 Å². The Morgan fingerprint density at radius 3 is 2.90 bits per heavy atom.